The number of ketones is 1. The molecule has 9 heteroatoms. The van der Waals surface area contributed by atoms with Gasteiger partial charge in [-0.05, 0) is 37.3 Å². The van der Waals surface area contributed by atoms with Crippen LogP contribution in [-0.2, 0) is 14.8 Å². The Morgan fingerprint density at radius 3 is 2.30 bits per heavy atom. The molecule has 3 aromatic rings. The fourth-order valence-corrected chi connectivity index (χ4v) is 3.56. The van der Waals surface area contributed by atoms with Crippen LogP contribution >= 0.6 is 0 Å². The Balaban J connectivity index is 1.57. The molecular weight excluding hydrogens is 404 g/mol. The first-order valence-corrected chi connectivity index (χ1v) is 10.6. The summed E-state index contributed by atoms with van der Waals surface area (Å²) >= 11 is 0. The highest BCUT2D eigenvalue weighted by atomic mass is 32.2. The Morgan fingerprint density at radius 1 is 0.933 bits per heavy atom. The molecule has 2 N–H and O–H groups in total. The Labute approximate surface area is 174 Å². The molecule has 30 heavy (non-hydrogen) atoms. The number of nitrogens with zero attached hydrogens (tertiary/aromatic N) is 2. The fraction of sp³-hybridized carbons (Fsp3) is 0.143. The van der Waals surface area contributed by atoms with Gasteiger partial charge in [0.25, 0.3) is 10.0 Å². The molecule has 3 rings (SSSR count). The van der Waals surface area contributed by atoms with Crippen molar-refractivity contribution in [3.8, 4) is 0 Å². The molecule has 0 aliphatic rings. The molecule has 154 valence electrons. The zero-order valence-corrected chi connectivity index (χ0v) is 17.0. The smallest absolute Gasteiger partial charge is 0.264 e. The number of Topliss-reactive ketones (excluding diaryl/α,β-unsaturated/α-hetero) is 1. The number of rotatable bonds is 8. The largest absolute Gasteiger partial charge is 0.326 e. The molecule has 0 saturated heterocycles. The monoisotopic (exact) mass is 424 g/mol. The van der Waals surface area contributed by atoms with Crippen LogP contribution in [0.5, 0.6) is 0 Å². The molecule has 0 atom stereocenters. The van der Waals surface area contributed by atoms with E-state index in [2.05, 4.69) is 20.0 Å². The van der Waals surface area contributed by atoms with E-state index in [0.29, 0.717) is 16.9 Å². The van der Waals surface area contributed by atoms with E-state index in [4.69, 9.17) is 0 Å². The third-order valence-electron chi connectivity index (χ3n) is 4.14. The number of aromatic nitrogens is 2. The summed E-state index contributed by atoms with van der Waals surface area (Å²) in [5.41, 5.74) is 1.62. The minimum Gasteiger partial charge on any atom is -0.326 e. The number of benzene rings is 2. The normalized spacial score (nSPS) is 11.0. The summed E-state index contributed by atoms with van der Waals surface area (Å²) in [6.45, 7) is 1.73. The van der Waals surface area contributed by atoms with Crippen LogP contribution in [0.3, 0.4) is 0 Å². The van der Waals surface area contributed by atoms with Crippen LogP contribution in [0.1, 0.15) is 28.9 Å². The zero-order chi connectivity index (χ0) is 21.6. The van der Waals surface area contributed by atoms with Crippen molar-refractivity contribution in [1.82, 2.24) is 9.97 Å². The Kier molecular flexibility index (Phi) is 6.53. The van der Waals surface area contributed by atoms with Gasteiger partial charge in [0, 0.05) is 36.0 Å². The van der Waals surface area contributed by atoms with Crippen molar-refractivity contribution >= 4 is 33.3 Å². The lowest BCUT2D eigenvalue weighted by Gasteiger charge is -2.09. The van der Waals surface area contributed by atoms with E-state index < -0.39 is 10.0 Å². The van der Waals surface area contributed by atoms with Crippen molar-refractivity contribution in [2.45, 2.75) is 24.7 Å². The van der Waals surface area contributed by atoms with E-state index in [9.17, 15) is 18.0 Å². The van der Waals surface area contributed by atoms with E-state index in [-0.39, 0.29) is 35.4 Å². The number of hydrogen-bond donors (Lipinski definition) is 2. The second-order valence-corrected chi connectivity index (χ2v) is 8.17. The Bertz CT molecular complexity index is 1150. The minimum absolute atomic E-state index is 0.00450. The average Bonchev–Trinajstić information content (AvgIpc) is 2.73. The lowest BCUT2D eigenvalue weighted by Crippen LogP contribution is -2.16. The van der Waals surface area contributed by atoms with Crippen molar-refractivity contribution in [3.63, 3.8) is 0 Å². The minimum atomic E-state index is -3.86. The zero-order valence-electron chi connectivity index (χ0n) is 16.2. The molecule has 8 nitrogen and oxygen atoms in total. The van der Waals surface area contributed by atoms with Crippen molar-refractivity contribution in [2.24, 2.45) is 0 Å². The van der Waals surface area contributed by atoms with Crippen LogP contribution in [0.2, 0.25) is 0 Å². The molecule has 1 heterocycles. The van der Waals surface area contributed by atoms with E-state index in [1.807, 2.05) is 6.07 Å². The third kappa shape index (κ3) is 5.71. The number of amides is 1. The first-order chi connectivity index (χ1) is 14.3. The highest BCUT2D eigenvalue weighted by molar-refractivity contribution is 7.92. The highest BCUT2D eigenvalue weighted by Gasteiger charge is 2.16. The summed E-state index contributed by atoms with van der Waals surface area (Å²) in [5, 5.41) is 2.65. The van der Waals surface area contributed by atoms with Gasteiger partial charge in [-0.1, -0.05) is 30.3 Å². The molecule has 0 bridgehead atoms. The van der Waals surface area contributed by atoms with Crippen LogP contribution in [-0.4, -0.2) is 30.1 Å². The second kappa shape index (κ2) is 9.27. The van der Waals surface area contributed by atoms with E-state index >= 15 is 0 Å². The van der Waals surface area contributed by atoms with Crippen LogP contribution in [0.4, 0.5) is 11.6 Å². The average molecular weight is 424 g/mol. The van der Waals surface area contributed by atoms with Gasteiger partial charge in [-0.3, -0.25) is 9.59 Å². The Morgan fingerprint density at radius 2 is 1.63 bits per heavy atom. The fourth-order valence-electron chi connectivity index (χ4n) is 2.61. The quantitative estimate of drug-likeness (QED) is 0.536. The maximum Gasteiger partial charge on any atom is 0.264 e. The van der Waals surface area contributed by atoms with Gasteiger partial charge in [0.05, 0.1) is 4.90 Å². The van der Waals surface area contributed by atoms with Crippen molar-refractivity contribution < 1.29 is 18.0 Å². The third-order valence-corrected chi connectivity index (χ3v) is 5.49. The van der Waals surface area contributed by atoms with E-state index in [1.165, 1.54) is 30.5 Å². The molecule has 0 unspecified atom stereocenters. The van der Waals surface area contributed by atoms with Crippen LogP contribution in [0.25, 0.3) is 0 Å². The molecule has 0 aliphatic carbocycles. The van der Waals surface area contributed by atoms with Gasteiger partial charge in [-0.2, -0.15) is 0 Å². The predicted octanol–water partition coefficient (Wildman–Crippen LogP) is 3.19. The SMILES string of the molecule is Cc1ccnc(NS(=O)(=O)c2ccc(NC(=O)CCC(=O)c3ccccc3)cc2)n1. The Hall–Kier alpha value is -3.59. The van der Waals surface area contributed by atoms with Crippen LogP contribution in [0, 0.1) is 6.92 Å². The first-order valence-electron chi connectivity index (χ1n) is 9.14. The van der Waals surface area contributed by atoms with Gasteiger partial charge < -0.3 is 5.32 Å². The van der Waals surface area contributed by atoms with Gasteiger partial charge in [-0.25, -0.2) is 23.1 Å². The van der Waals surface area contributed by atoms with Crippen molar-refractivity contribution in [1.29, 1.82) is 0 Å². The number of nitrogens with one attached hydrogen (secondary N) is 2. The summed E-state index contributed by atoms with van der Waals surface area (Å²) in [7, 11) is -3.86. The number of anilines is 2. The van der Waals surface area contributed by atoms with Gasteiger partial charge in [0.2, 0.25) is 11.9 Å². The standard InChI is InChI=1S/C21H20N4O4S/c1-15-13-14-22-21(23-15)25-30(28,29)18-9-7-17(8-10-18)24-20(27)12-11-19(26)16-5-3-2-4-6-16/h2-10,13-14H,11-12H2,1H3,(H,24,27)(H,22,23,25). The van der Waals surface area contributed by atoms with Crippen LogP contribution < -0.4 is 10.0 Å². The second-order valence-electron chi connectivity index (χ2n) is 6.49. The number of carbonyl (C=O) groups is 2. The maximum absolute atomic E-state index is 12.4. The van der Waals surface area contributed by atoms with Crippen LogP contribution in [0.15, 0.2) is 71.8 Å². The van der Waals surface area contributed by atoms with Gasteiger partial charge in [0.15, 0.2) is 5.78 Å². The lowest BCUT2D eigenvalue weighted by molar-refractivity contribution is -0.116. The maximum atomic E-state index is 12.4. The summed E-state index contributed by atoms with van der Waals surface area (Å²) in [6.07, 6.45) is 1.57. The summed E-state index contributed by atoms with van der Waals surface area (Å²) in [4.78, 5) is 32.1. The van der Waals surface area contributed by atoms with Crippen molar-refractivity contribution in [3.05, 3.63) is 78.1 Å². The summed E-state index contributed by atoms with van der Waals surface area (Å²) < 4.78 is 27.2. The molecule has 2 aromatic carbocycles. The molecule has 0 aliphatic heterocycles. The summed E-state index contributed by atoms with van der Waals surface area (Å²) in [6, 6.07) is 16.1. The topological polar surface area (TPSA) is 118 Å². The molecule has 0 radical (unpaired) electrons. The highest BCUT2D eigenvalue weighted by Crippen LogP contribution is 2.17. The first kappa shape index (κ1) is 21.1. The molecular formula is C21H20N4O4S. The number of aryl methyl sites for hydroxylation is 1. The lowest BCUT2D eigenvalue weighted by atomic mass is 10.1. The number of hydrogen-bond acceptors (Lipinski definition) is 6. The molecule has 0 spiro atoms. The molecule has 1 aromatic heterocycles. The summed E-state index contributed by atoms with van der Waals surface area (Å²) in [5.74, 6) is -0.465. The van der Waals surface area contributed by atoms with E-state index in [0.717, 1.165) is 0 Å². The van der Waals surface area contributed by atoms with Crippen molar-refractivity contribution in [2.75, 3.05) is 10.0 Å². The molecule has 0 fully saturated rings. The molecule has 1 amide bonds. The van der Waals surface area contributed by atoms with Gasteiger partial charge >= 0.3 is 0 Å². The number of sulfonamides is 1. The van der Waals surface area contributed by atoms with Gasteiger partial charge in [0.1, 0.15) is 0 Å². The number of carbonyl (C=O) groups excluding carboxylic acids is 2. The predicted molar refractivity (Wildman–Crippen MR) is 113 cm³/mol. The van der Waals surface area contributed by atoms with Gasteiger partial charge in [-0.15, -0.1) is 0 Å². The molecule has 0 saturated carbocycles. The van der Waals surface area contributed by atoms with E-state index in [1.54, 1.807) is 37.3 Å².